The molecule has 0 saturated heterocycles. The molecule has 4 nitrogen and oxygen atoms in total. The molecule has 0 atom stereocenters. The number of hydrogen-bond donors (Lipinski definition) is 0. The average molecular weight is 709 g/mol. The number of nitrogens with zero attached hydrogens (tertiary/aromatic N) is 4. The monoisotopic (exact) mass is 708 g/mol. The highest BCUT2D eigenvalue weighted by Gasteiger charge is 2.26. The summed E-state index contributed by atoms with van der Waals surface area (Å²) in [6.45, 7) is 4.10. The van der Waals surface area contributed by atoms with Crippen molar-refractivity contribution in [2.45, 2.75) is 13.8 Å². The van der Waals surface area contributed by atoms with Crippen molar-refractivity contribution in [1.29, 1.82) is 21.0 Å². The first-order chi connectivity index (χ1) is 27.4. The Hall–Kier alpha value is -8.02. The fourth-order valence-corrected chi connectivity index (χ4v) is 8.99. The average Bonchev–Trinajstić information content (AvgIpc) is 3.55. The van der Waals surface area contributed by atoms with E-state index in [2.05, 4.69) is 104 Å². The molecule has 1 aliphatic carbocycles. The van der Waals surface area contributed by atoms with Gasteiger partial charge in [-0.2, -0.15) is 21.0 Å². The molecule has 0 heterocycles. The van der Waals surface area contributed by atoms with Crippen LogP contribution in [0.3, 0.4) is 0 Å². The molecule has 0 N–H and O–H groups in total. The van der Waals surface area contributed by atoms with Crippen LogP contribution < -0.4 is 0 Å². The van der Waals surface area contributed by atoms with Gasteiger partial charge in [0.15, 0.2) is 0 Å². The second-order valence-electron chi connectivity index (χ2n) is 14.6. The van der Waals surface area contributed by atoms with E-state index in [0.29, 0.717) is 22.3 Å². The second-order valence-corrected chi connectivity index (χ2v) is 14.6. The number of aryl methyl sites for hydroxylation is 2. The van der Waals surface area contributed by atoms with E-state index in [1.54, 1.807) is 0 Å². The lowest BCUT2D eigenvalue weighted by Gasteiger charge is -2.19. The van der Waals surface area contributed by atoms with E-state index in [0.717, 1.165) is 93.3 Å². The minimum atomic E-state index is 0.579. The van der Waals surface area contributed by atoms with E-state index in [1.165, 1.54) is 16.5 Å². The largest absolute Gasteiger partial charge is 0.192 e. The minimum Gasteiger partial charge on any atom is -0.192 e. The number of rotatable bonds is 3. The first kappa shape index (κ1) is 32.6. The van der Waals surface area contributed by atoms with Gasteiger partial charge >= 0.3 is 0 Å². The Kier molecular flexibility index (Phi) is 7.15. The molecular weight excluding hydrogens is 681 g/mol. The van der Waals surface area contributed by atoms with Crippen molar-refractivity contribution >= 4 is 43.1 Å². The van der Waals surface area contributed by atoms with Crippen LogP contribution in [-0.4, -0.2) is 0 Å². The normalized spacial score (nSPS) is 11.3. The van der Waals surface area contributed by atoms with Crippen LogP contribution in [0.2, 0.25) is 0 Å². The van der Waals surface area contributed by atoms with E-state index in [1.807, 2.05) is 67.6 Å². The molecule has 0 aliphatic heterocycles. The van der Waals surface area contributed by atoms with Crippen molar-refractivity contribution in [2.75, 3.05) is 0 Å². The maximum Gasteiger partial charge on any atom is 0.0991 e. The first-order valence-corrected chi connectivity index (χ1v) is 18.4. The Morgan fingerprint density at radius 2 is 0.768 bits per heavy atom. The summed E-state index contributed by atoms with van der Waals surface area (Å²) in [6, 6.07) is 54.8. The number of benzene rings is 9. The SMILES string of the molecule is Cc1cc(C#N)ccc1-c1cc2c3cc4c(cc3c(-c3ccc(C#N)cc3C)cc2c2ccc(C#N)cc12)-c1cccc2c(-c3cccc(C#N)c3)ccc-4c12. The zero-order valence-corrected chi connectivity index (χ0v) is 30.5. The molecule has 256 valence electrons. The molecule has 4 heteroatoms. The summed E-state index contributed by atoms with van der Waals surface area (Å²) < 4.78 is 0. The molecule has 56 heavy (non-hydrogen) atoms. The van der Waals surface area contributed by atoms with Gasteiger partial charge in [-0.3, -0.25) is 0 Å². The molecule has 0 amide bonds. The summed E-state index contributed by atoms with van der Waals surface area (Å²) in [4.78, 5) is 0. The van der Waals surface area contributed by atoms with Crippen LogP contribution in [0.4, 0.5) is 0 Å². The summed E-state index contributed by atoms with van der Waals surface area (Å²) in [5.41, 5.74) is 15.3. The quantitative estimate of drug-likeness (QED) is 0.171. The van der Waals surface area contributed by atoms with E-state index in [9.17, 15) is 21.0 Å². The molecule has 0 unspecified atom stereocenters. The van der Waals surface area contributed by atoms with Crippen molar-refractivity contribution in [3.63, 3.8) is 0 Å². The third kappa shape index (κ3) is 4.75. The molecule has 10 rings (SSSR count). The van der Waals surface area contributed by atoms with Crippen molar-refractivity contribution in [3.8, 4) is 79.9 Å². The molecule has 0 fully saturated rings. The summed E-state index contributed by atoms with van der Waals surface area (Å²) in [5.74, 6) is 0. The number of hydrogen-bond acceptors (Lipinski definition) is 4. The highest BCUT2D eigenvalue weighted by molar-refractivity contribution is 6.27. The van der Waals surface area contributed by atoms with Crippen molar-refractivity contribution < 1.29 is 0 Å². The van der Waals surface area contributed by atoms with Crippen LogP contribution in [0.15, 0.2) is 133 Å². The highest BCUT2D eigenvalue weighted by Crippen LogP contribution is 2.53. The Morgan fingerprint density at radius 3 is 1.41 bits per heavy atom. The lowest BCUT2D eigenvalue weighted by atomic mass is 9.84. The Balaban J connectivity index is 1.34. The van der Waals surface area contributed by atoms with Gasteiger partial charge in [-0.05, 0) is 196 Å². The van der Waals surface area contributed by atoms with E-state index in [4.69, 9.17) is 0 Å². The van der Waals surface area contributed by atoms with Gasteiger partial charge < -0.3 is 0 Å². The smallest absolute Gasteiger partial charge is 0.0991 e. The van der Waals surface area contributed by atoms with Crippen molar-refractivity contribution in [1.82, 2.24) is 0 Å². The zero-order valence-electron chi connectivity index (χ0n) is 30.5. The fraction of sp³-hybridized carbons (Fsp3) is 0.0385. The predicted octanol–water partition coefficient (Wildman–Crippen LogP) is 13.1. The minimum absolute atomic E-state index is 0.579. The lowest BCUT2D eigenvalue weighted by Crippen LogP contribution is -1.93. The molecule has 0 bridgehead atoms. The van der Waals surface area contributed by atoms with E-state index < -0.39 is 0 Å². The second kappa shape index (κ2) is 12.3. The number of fused-ring (bicyclic) bond motifs is 8. The summed E-state index contributed by atoms with van der Waals surface area (Å²) >= 11 is 0. The van der Waals surface area contributed by atoms with Crippen molar-refractivity contribution in [3.05, 3.63) is 167 Å². The van der Waals surface area contributed by atoms with Gasteiger partial charge in [0.05, 0.1) is 46.5 Å². The topological polar surface area (TPSA) is 95.2 Å². The molecule has 0 spiro atoms. The fourth-order valence-electron chi connectivity index (χ4n) is 8.99. The van der Waals surface area contributed by atoms with Crippen molar-refractivity contribution in [2.24, 2.45) is 0 Å². The molecular formula is C52H28N4. The summed E-state index contributed by atoms with van der Waals surface area (Å²) in [6.07, 6.45) is 0. The maximum atomic E-state index is 10.0. The predicted molar refractivity (Wildman–Crippen MR) is 226 cm³/mol. The highest BCUT2D eigenvalue weighted by atomic mass is 14.3. The van der Waals surface area contributed by atoms with Crippen LogP contribution in [0.25, 0.3) is 98.7 Å². The molecule has 0 saturated carbocycles. The zero-order chi connectivity index (χ0) is 38.2. The molecule has 1 aliphatic rings. The molecule has 0 aromatic heterocycles. The summed E-state index contributed by atoms with van der Waals surface area (Å²) in [5, 5.41) is 47.8. The van der Waals surface area contributed by atoms with Gasteiger partial charge in [0.25, 0.3) is 0 Å². The Bertz CT molecular complexity index is 3430. The summed E-state index contributed by atoms with van der Waals surface area (Å²) in [7, 11) is 0. The molecule has 9 aromatic carbocycles. The van der Waals surface area contributed by atoms with Gasteiger partial charge in [0.2, 0.25) is 0 Å². The van der Waals surface area contributed by atoms with Gasteiger partial charge in [-0.1, -0.05) is 60.7 Å². The van der Waals surface area contributed by atoms with Crippen LogP contribution in [0.5, 0.6) is 0 Å². The van der Waals surface area contributed by atoms with Gasteiger partial charge in [0, 0.05) is 0 Å². The van der Waals surface area contributed by atoms with E-state index in [-0.39, 0.29) is 0 Å². The van der Waals surface area contributed by atoms with E-state index >= 15 is 0 Å². The van der Waals surface area contributed by atoms with Gasteiger partial charge in [0.1, 0.15) is 0 Å². The van der Waals surface area contributed by atoms with Gasteiger partial charge in [-0.25, -0.2) is 0 Å². The third-order valence-electron chi connectivity index (χ3n) is 11.5. The maximum absolute atomic E-state index is 10.0. The third-order valence-corrected chi connectivity index (χ3v) is 11.5. The van der Waals surface area contributed by atoms with Crippen LogP contribution >= 0.6 is 0 Å². The van der Waals surface area contributed by atoms with Crippen LogP contribution in [0.1, 0.15) is 33.4 Å². The molecule has 0 radical (unpaired) electrons. The lowest BCUT2D eigenvalue weighted by molar-refractivity contribution is 1.42. The standard InChI is InChI=1S/C52H28N4/c1-29-17-32(26-54)9-12-36(29)44-22-50-46(39-14-11-34(28-56)20-43(39)44)21-45(37-13-10-33(27-55)18-30(37)2)49-23-47-41-8-4-7-40-38(35-6-3-5-31(19-35)25-53)15-16-42(52(40)41)48(47)24-51(49)50/h3-24H,1-2H3. The Labute approximate surface area is 323 Å². The van der Waals surface area contributed by atoms with Gasteiger partial charge in [-0.15, -0.1) is 0 Å². The Morgan fingerprint density at radius 1 is 0.304 bits per heavy atom. The number of nitriles is 4. The van der Waals surface area contributed by atoms with Crippen LogP contribution in [-0.2, 0) is 0 Å². The molecule has 9 aromatic rings. The van der Waals surface area contributed by atoms with Crippen LogP contribution in [0, 0.1) is 59.2 Å². The first-order valence-electron chi connectivity index (χ1n) is 18.4.